The first-order valence-electron chi connectivity index (χ1n) is 13.6. The van der Waals surface area contributed by atoms with Crippen LogP contribution in [0.5, 0.6) is 5.75 Å². The van der Waals surface area contributed by atoms with E-state index in [0.29, 0.717) is 17.9 Å². The van der Waals surface area contributed by atoms with Crippen molar-refractivity contribution in [3.05, 3.63) is 120 Å². The maximum Gasteiger partial charge on any atom is 0.181 e. The Bertz CT molecular complexity index is 2030. The molecule has 8 heteroatoms. The lowest BCUT2D eigenvalue weighted by molar-refractivity contribution is 0.411. The predicted molar refractivity (Wildman–Crippen MR) is 163 cm³/mol. The van der Waals surface area contributed by atoms with Crippen molar-refractivity contribution in [1.82, 2.24) is 30.5 Å². The average molecular weight is 555 g/mol. The lowest BCUT2D eigenvalue weighted by Crippen LogP contribution is -2.12. The molecule has 4 heterocycles. The SMILES string of the molecule is COc1cc(F)cc(-c2cccc3[nH]c(-c4[nH]nc5ncc(-c6cncc(CNCc7ccccc7)c6)cc45)cc23)c1. The molecule has 42 heavy (non-hydrogen) atoms. The van der Waals surface area contributed by atoms with E-state index in [-0.39, 0.29) is 5.82 Å². The summed E-state index contributed by atoms with van der Waals surface area (Å²) < 4.78 is 19.6. The molecule has 7 rings (SSSR count). The largest absolute Gasteiger partial charge is 0.497 e. The second kappa shape index (κ2) is 10.9. The normalized spacial score (nSPS) is 11.4. The summed E-state index contributed by atoms with van der Waals surface area (Å²) in [5.74, 6) is 0.127. The average Bonchev–Trinajstić information content (AvgIpc) is 3.65. The minimum absolute atomic E-state index is 0.346. The number of rotatable bonds is 8. The number of nitrogens with zero attached hydrogens (tertiary/aromatic N) is 3. The molecule has 0 aliphatic heterocycles. The number of methoxy groups -OCH3 is 1. The van der Waals surface area contributed by atoms with Crippen LogP contribution < -0.4 is 10.1 Å². The third-order valence-electron chi connectivity index (χ3n) is 7.39. The fourth-order valence-corrected chi connectivity index (χ4v) is 5.33. The first kappa shape index (κ1) is 25.6. The van der Waals surface area contributed by atoms with Crippen LogP contribution in [-0.2, 0) is 13.1 Å². The standard InChI is InChI=1S/C34H27FN6O/c1-42-27-12-23(11-26(35)14-27)28-8-5-9-31-29(28)15-32(39-31)33-30-13-25(20-38-34(30)41-40-33)24-10-22(18-37-19-24)17-36-16-21-6-3-2-4-7-21/h2-15,18-20,36,39H,16-17H2,1H3,(H,38,40,41). The number of nitrogens with one attached hydrogen (secondary N) is 3. The Morgan fingerprint density at radius 3 is 2.52 bits per heavy atom. The molecular formula is C34H27FN6O. The molecular weight excluding hydrogens is 527 g/mol. The Kier molecular flexibility index (Phi) is 6.65. The Morgan fingerprint density at radius 1 is 0.786 bits per heavy atom. The van der Waals surface area contributed by atoms with Crippen LogP contribution in [0.2, 0.25) is 0 Å². The van der Waals surface area contributed by atoms with E-state index >= 15 is 0 Å². The van der Waals surface area contributed by atoms with Crippen molar-refractivity contribution in [1.29, 1.82) is 0 Å². The van der Waals surface area contributed by atoms with Crippen LogP contribution in [0.1, 0.15) is 11.1 Å². The molecule has 3 N–H and O–H groups in total. The Morgan fingerprint density at radius 2 is 1.64 bits per heavy atom. The monoisotopic (exact) mass is 554 g/mol. The molecule has 0 amide bonds. The second-order valence-corrected chi connectivity index (χ2v) is 10.2. The van der Waals surface area contributed by atoms with Crippen molar-refractivity contribution in [2.75, 3.05) is 7.11 Å². The molecule has 4 aromatic heterocycles. The van der Waals surface area contributed by atoms with E-state index in [2.05, 4.69) is 60.8 Å². The van der Waals surface area contributed by atoms with Crippen LogP contribution in [0.3, 0.4) is 0 Å². The van der Waals surface area contributed by atoms with E-state index in [9.17, 15) is 4.39 Å². The number of fused-ring (bicyclic) bond motifs is 2. The van der Waals surface area contributed by atoms with E-state index in [0.717, 1.165) is 62.0 Å². The summed E-state index contributed by atoms with van der Waals surface area (Å²) >= 11 is 0. The molecule has 0 unspecified atom stereocenters. The van der Waals surface area contributed by atoms with Gasteiger partial charge in [0.2, 0.25) is 0 Å². The second-order valence-electron chi connectivity index (χ2n) is 10.2. The van der Waals surface area contributed by atoms with E-state index in [4.69, 9.17) is 4.74 Å². The Hall–Kier alpha value is -5.34. The number of halogens is 1. The molecule has 0 atom stereocenters. The van der Waals surface area contributed by atoms with E-state index in [1.54, 1.807) is 0 Å². The lowest BCUT2D eigenvalue weighted by atomic mass is 10.0. The number of aromatic nitrogens is 5. The van der Waals surface area contributed by atoms with Crippen molar-refractivity contribution in [3.63, 3.8) is 0 Å². The van der Waals surface area contributed by atoms with Crippen LogP contribution in [0.4, 0.5) is 4.39 Å². The van der Waals surface area contributed by atoms with Gasteiger partial charge in [0, 0.05) is 65.2 Å². The number of hydrogen-bond acceptors (Lipinski definition) is 5. The van der Waals surface area contributed by atoms with Gasteiger partial charge in [0.05, 0.1) is 18.5 Å². The van der Waals surface area contributed by atoms with Crippen LogP contribution in [0, 0.1) is 5.82 Å². The Labute approximate surface area is 241 Å². The molecule has 0 bridgehead atoms. The number of benzene rings is 3. The zero-order chi connectivity index (χ0) is 28.5. The minimum Gasteiger partial charge on any atom is -0.497 e. The number of hydrogen-bond donors (Lipinski definition) is 3. The molecule has 0 aliphatic carbocycles. The molecule has 206 valence electrons. The highest BCUT2D eigenvalue weighted by molar-refractivity contribution is 6.01. The summed E-state index contributed by atoms with van der Waals surface area (Å²) in [5, 5.41) is 13.0. The molecule has 0 fully saturated rings. The van der Waals surface area contributed by atoms with Gasteiger partial charge in [-0.05, 0) is 58.7 Å². The van der Waals surface area contributed by atoms with Gasteiger partial charge in [-0.3, -0.25) is 10.1 Å². The molecule has 7 aromatic rings. The van der Waals surface area contributed by atoms with E-state index < -0.39 is 0 Å². The maximum atomic E-state index is 14.3. The van der Waals surface area contributed by atoms with Crippen LogP contribution in [0.25, 0.3) is 55.6 Å². The van der Waals surface area contributed by atoms with Crippen molar-refractivity contribution in [2.45, 2.75) is 13.1 Å². The lowest BCUT2D eigenvalue weighted by Gasteiger charge is -2.07. The van der Waals surface area contributed by atoms with Crippen molar-refractivity contribution in [2.24, 2.45) is 0 Å². The van der Waals surface area contributed by atoms with Crippen molar-refractivity contribution >= 4 is 21.9 Å². The molecule has 0 saturated heterocycles. The third-order valence-corrected chi connectivity index (χ3v) is 7.39. The van der Waals surface area contributed by atoms with Crippen LogP contribution in [0.15, 0.2) is 104 Å². The minimum atomic E-state index is -0.346. The van der Waals surface area contributed by atoms with Gasteiger partial charge in [0.15, 0.2) is 5.65 Å². The summed E-state index contributed by atoms with van der Waals surface area (Å²) in [6.45, 7) is 1.49. The quantitative estimate of drug-likeness (QED) is 0.184. The number of aromatic amines is 2. The van der Waals surface area contributed by atoms with E-state index in [1.165, 1.54) is 24.8 Å². The van der Waals surface area contributed by atoms with Crippen LogP contribution in [-0.4, -0.2) is 32.3 Å². The van der Waals surface area contributed by atoms with Gasteiger partial charge in [0.25, 0.3) is 0 Å². The first-order valence-corrected chi connectivity index (χ1v) is 13.6. The zero-order valence-corrected chi connectivity index (χ0v) is 22.9. The summed E-state index contributed by atoms with van der Waals surface area (Å²) in [6, 6.07) is 27.3. The third kappa shape index (κ3) is 5.00. The Balaban J connectivity index is 1.21. The molecule has 7 nitrogen and oxygen atoms in total. The summed E-state index contributed by atoms with van der Waals surface area (Å²) in [7, 11) is 1.54. The molecule has 0 radical (unpaired) electrons. The number of ether oxygens (including phenoxy) is 1. The fraction of sp³-hybridized carbons (Fsp3) is 0.0882. The van der Waals surface area contributed by atoms with Crippen molar-refractivity contribution in [3.8, 4) is 39.4 Å². The smallest absolute Gasteiger partial charge is 0.181 e. The van der Waals surface area contributed by atoms with Gasteiger partial charge in [-0.1, -0.05) is 42.5 Å². The van der Waals surface area contributed by atoms with Gasteiger partial charge in [0.1, 0.15) is 11.6 Å². The van der Waals surface area contributed by atoms with Gasteiger partial charge < -0.3 is 15.0 Å². The van der Waals surface area contributed by atoms with E-state index in [1.807, 2.05) is 61.1 Å². The van der Waals surface area contributed by atoms with Gasteiger partial charge in [-0.2, -0.15) is 5.10 Å². The number of pyridine rings is 2. The molecule has 0 aliphatic rings. The number of H-pyrrole nitrogens is 2. The zero-order valence-electron chi connectivity index (χ0n) is 22.9. The maximum absolute atomic E-state index is 14.3. The highest BCUT2D eigenvalue weighted by atomic mass is 19.1. The highest BCUT2D eigenvalue weighted by Gasteiger charge is 2.15. The van der Waals surface area contributed by atoms with Crippen molar-refractivity contribution < 1.29 is 9.13 Å². The first-order chi connectivity index (χ1) is 20.6. The molecule has 0 saturated carbocycles. The van der Waals surface area contributed by atoms with Gasteiger partial charge >= 0.3 is 0 Å². The fourth-order valence-electron chi connectivity index (χ4n) is 5.33. The molecule has 3 aromatic carbocycles. The highest BCUT2D eigenvalue weighted by Crippen LogP contribution is 2.36. The molecule has 0 spiro atoms. The predicted octanol–water partition coefficient (Wildman–Crippen LogP) is 7.27. The topological polar surface area (TPSA) is 91.5 Å². The van der Waals surface area contributed by atoms with Crippen LogP contribution >= 0.6 is 0 Å². The summed E-state index contributed by atoms with van der Waals surface area (Å²) in [6.07, 6.45) is 5.56. The van der Waals surface area contributed by atoms with Gasteiger partial charge in [-0.25, -0.2) is 9.37 Å². The summed E-state index contributed by atoms with van der Waals surface area (Å²) in [5.41, 5.74) is 9.14. The van der Waals surface area contributed by atoms with Gasteiger partial charge in [-0.15, -0.1) is 0 Å². The summed E-state index contributed by atoms with van der Waals surface area (Å²) in [4.78, 5) is 12.6.